The van der Waals surface area contributed by atoms with E-state index in [2.05, 4.69) is 31.1 Å². The Morgan fingerprint density at radius 3 is 2.29 bits per heavy atom. The number of ether oxygens (including phenoxy) is 1. The molecule has 1 aliphatic carbocycles. The van der Waals surface area contributed by atoms with Crippen LogP contribution in [0.15, 0.2) is 0 Å². The third kappa shape index (κ3) is 3.43. The maximum Gasteiger partial charge on any atom is 0.0678 e. The molecule has 1 N–H and O–H groups in total. The van der Waals surface area contributed by atoms with Gasteiger partial charge in [-0.1, -0.05) is 12.8 Å². The summed E-state index contributed by atoms with van der Waals surface area (Å²) in [4.78, 5) is 2.63. The van der Waals surface area contributed by atoms with E-state index in [1.54, 1.807) is 0 Å². The second kappa shape index (κ2) is 5.68. The van der Waals surface area contributed by atoms with Gasteiger partial charge < -0.3 is 10.1 Å². The molecule has 0 aromatic heterocycles. The first kappa shape index (κ1) is 13.3. The van der Waals surface area contributed by atoms with E-state index in [1.807, 2.05) is 0 Å². The summed E-state index contributed by atoms with van der Waals surface area (Å²) < 4.78 is 5.82. The first-order valence-corrected chi connectivity index (χ1v) is 7.16. The molecule has 0 aromatic rings. The first-order valence-electron chi connectivity index (χ1n) is 7.16. The smallest absolute Gasteiger partial charge is 0.0678 e. The summed E-state index contributed by atoms with van der Waals surface area (Å²) in [6.45, 7) is 9.04. The van der Waals surface area contributed by atoms with Crippen molar-refractivity contribution in [2.45, 2.75) is 51.7 Å². The van der Waals surface area contributed by atoms with Gasteiger partial charge in [-0.25, -0.2) is 0 Å². The van der Waals surface area contributed by atoms with Crippen molar-refractivity contribution < 1.29 is 4.74 Å². The average molecular weight is 240 g/mol. The number of nitrogens with zero attached hydrogens (tertiary/aromatic N) is 1. The molecule has 1 saturated carbocycles. The largest absolute Gasteiger partial charge is 0.373 e. The van der Waals surface area contributed by atoms with Gasteiger partial charge >= 0.3 is 0 Å². The Kier molecular flexibility index (Phi) is 4.45. The molecular weight excluding hydrogens is 212 g/mol. The molecule has 100 valence electrons. The van der Waals surface area contributed by atoms with E-state index in [-0.39, 0.29) is 0 Å². The highest BCUT2D eigenvalue weighted by molar-refractivity contribution is 4.90. The fourth-order valence-corrected chi connectivity index (χ4v) is 3.78. The van der Waals surface area contributed by atoms with E-state index in [4.69, 9.17) is 4.74 Å². The minimum absolute atomic E-state index is 0.395. The van der Waals surface area contributed by atoms with E-state index in [9.17, 15) is 0 Å². The molecule has 3 nitrogen and oxygen atoms in total. The molecule has 2 rings (SSSR count). The number of nitrogens with one attached hydrogen (secondary N) is 1. The fraction of sp³-hybridized carbons (Fsp3) is 1.00. The van der Waals surface area contributed by atoms with Gasteiger partial charge in [-0.3, -0.25) is 4.90 Å². The minimum atomic E-state index is 0.395. The van der Waals surface area contributed by atoms with Crippen LogP contribution in [-0.2, 0) is 4.74 Å². The van der Waals surface area contributed by atoms with Crippen molar-refractivity contribution in [2.75, 3.05) is 33.2 Å². The summed E-state index contributed by atoms with van der Waals surface area (Å²) in [7, 11) is 2.09. The normalized spacial score (nSPS) is 34.1. The molecule has 2 atom stereocenters. The molecule has 1 saturated heterocycles. The topological polar surface area (TPSA) is 24.5 Å². The second-order valence-corrected chi connectivity index (χ2v) is 6.19. The Morgan fingerprint density at radius 2 is 1.76 bits per heavy atom. The third-order valence-corrected chi connectivity index (χ3v) is 4.27. The Labute approximate surface area is 106 Å². The zero-order valence-electron chi connectivity index (χ0n) is 11.7. The lowest BCUT2D eigenvalue weighted by atomic mass is 9.85. The molecule has 0 amide bonds. The number of hydrogen-bond donors (Lipinski definition) is 1. The van der Waals surface area contributed by atoms with E-state index in [0.717, 1.165) is 13.1 Å². The lowest BCUT2D eigenvalue weighted by Gasteiger charge is -2.41. The van der Waals surface area contributed by atoms with Crippen LogP contribution in [-0.4, -0.2) is 50.3 Å². The quantitative estimate of drug-likeness (QED) is 0.812. The summed E-state index contributed by atoms with van der Waals surface area (Å²) in [6.07, 6.45) is 6.41. The van der Waals surface area contributed by atoms with Crippen LogP contribution in [0.4, 0.5) is 0 Å². The molecule has 2 aliphatic rings. The average Bonchev–Trinajstić information content (AvgIpc) is 2.65. The van der Waals surface area contributed by atoms with Gasteiger partial charge in [0.25, 0.3) is 0 Å². The highest BCUT2D eigenvalue weighted by Crippen LogP contribution is 2.38. The summed E-state index contributed by atoms with van der Waals surface area (Å²) in [6, 6.07) is 0. The van der Waals surface area contributed by atoms with Gasteiger partial charge in [0.15, 0.2) is 0 Å². The zero-order chi connectivity index (χ0) is 12.3. The van der Waals surface area contributed by atoms with E-state index in [1.165, 1.54) is 38.8 Å². The maximum atomic E-state index is 5.82. The first-order chi connectivity index (χ1) is 8.13. The van der Waals surface area contributed by atoms with Gasteiger partial charge in [0.2, 0.25) is 0 Å². The van der Waals surface area contributed by atoms with E-state index < -0.39 is 0 Å². The molecule has 3 heteroatoms. The van der Waals surface area contributed by atoms with Crippen LogP contribution in [0.1, 0.15) is 39.5 Å². The van der Waals surface area contributed by atoms with Gasteiger partial charge in [0, 0.05) is 26.2 Å². The monoisotopic (exact) mass is 240 g/mol. The molecule has 0 spiro atoms. The van der Waals surface area contributed by atoms with Crippen molar-refractivity contribution >= 4 is 0 Å². The molecule has 0 bridgehead atoms. The van der Waals surface area contributed by atoms with Crippen molar-refractivity contribution in [3.05, 3.63) is 0 Å². The van der Waals surface area contributed by atoms with Gasteiger partial charge in [0.05, 0.1) is 12.2 Å². The molecule has 1 aliphatic heterocycles. The lowest BCUT2D eigenvalue weighted by Crippen LogP contribution is -2.50. The summed E-state index contributed by atoms with van der Waals surface area (Å²) in [5, 5.41) is 3.40. The molecule has 0 radical (unpaired) electrons. The fourth-order valence-electron chi connectivity index (χ4n) is 3.78. The summed E-state index contributed by atoms with van der Waals surface area (Å²) in [5.41, 5.74) is 0.533. The molecule has 2 fully saturated rings. The van der Waals surface area contributed by atoms with Crippen molar-refractivity contribution in [1.29, 1.82) is 0 Å². The predicted octanol–water partition coefficient (Wildman–Crippen LogP) is 1.88. The molecular formula is C14H28N2O. The zero-order valence-corrected chi connectivity index (χ0v) is 11.7. The highest BCUT2D eigenvalue weighted by Gasteiger charge is 2.36. The van der Waals surface area contributed by atoms with Crippen LogP contribution in [0.25, 0.3) is 0 Å². The van der Waals surface area contributed by atoms with Gasteiger partial charge in [-0.15, -0.1) is 0 Å². The van der Waals surface area contributed by atoms with Gasteiger partial charge in [-0.2, -0.15) is 0 Å². The standard InChI is InChI=1S/C14H28N2O/c1-12-8-16(9-13(2)17-12)11-14(10-15-3)6-4-5-7-14/h12-13,15H,4-11H2,1-3H3. The summed E-state index contributed by atoms with van der Waals surface area (Å²) >= 11 is 0. The van der Waals surface area contributed by atoms with Crippen molar-refractivity contribution in [3.63, 3.8) is 0 Å². The number of hydrogen-bond acceptors (Lipinski definition) is 3. The van der Waals surface area contributed by atoms with Crippen LogP contribution >= 0.6 is 0 Å². The van der Waals surface area contributed by atoms with Crippen molar-refractivity contribution in [3.8, 4) is 0 Å². The van der Waals surface area contributed by atoms with E-state index >= 15 is 0 Å². The molecule has 1 heterocycles. The second-order valence-electron chi connectivity index (χ2n) is 6.19. The van der Waals surface area contributed by atoms with Gasteiger partial charge in [0.1, 0.15) is 0 Å². The van der Waals surface area contributed by atoms with Crippen LogP contribution in [0, 0.1) is 5.41 Å². The third-order valence-electron chi connectivity index (χ3n) is 4.27. The Balaban J connectivity index is 1.93. The lowest BCUT2D eigenvalue weighted by molar-refractivity contribution is -0.0773. The minimum Gasteiger partial charge on any atom is -0.373 e. The van der Waals surface area contributed by atoms with Crippen LogP contribution in [0.3, 0.4) is 0 Å². The Hall–Kier alpha value is -0.120. The van der Waals surface area contributed by atoms with Gasteiger partial charge in [-0.05, 0) is 39.2 Å². The van der Waals surface area contributed by atoms with Crippen LogP contribution < -0.4 is 5.32 Å². The highest BCUT2D eigenvalue weighted by atomic mass is 16.5. The number of morpholine rings is 1. The van der Waals surface area contributed by atoms with Crippen LogP contribution in [0.2, 0.25) is 0 Å². The Bertz CT molecular complexity index is 228. The Morgan fingerprint density at radius 1 is 1.18 bits per heavy atom. The molecule has 17 heavy (non-hydrogen) atoms. The van der Waals surface area contributed by atoms with E-state index in [0.29, 0.717) is 17.6 Å². The summed E-state index contributed by atoms with van der Waals surface area (Å²) in [5.74, 6) is 0. The van der Waals surface area contributed by atoms with Crippen molar-refractivity contribution in [1.82, 2.24) is 10.2 Å². The number of rotatable bonds is 4. The van der Waals surface area contributed by atoms with Crippen molar-refractivity contribution in [2.24, 2.45) is 5.41 Å². The maximum absolute atomic E-state index is 5.82. The predicted molar refractivity (Wildman–Crippen MR) is 71.3 cm³/mol. The van der Waals surface area contributed by atoms with Crippen LogP contribution in [0.5, 0.6) is 0 Å². The SMILES string of the molecule is CNCC1(CN2CC(C)OC(C)C2)CCCC1. The molecule has 0 aromatic carbocycles. The molecule has 2 unspecified atom stereocenters.